The number of rotatable bonds is 10. The molecule has 0 aromatic rings. The average molecular weight is 476 g/mol. The summed E-state index contributed by atoms with van der Waals surface area (Å²) in [6, 6.07) is 0. The first-order valence-corrected chi connectivity index (χ1v) is 17.1. The van der Waals surface area contributed by atoms with Crippen LogP contribution in [0.15, 0.2) is 0 Å². The van der Waals surface area contributed by atoms with E-state index < -0.39 is 9.87 Å². The second-order valence-electron chi connectivity index (χ2n) is 3.57. The van der Waals surface area contributed by atoms with E-state index in [-0.39, 0.29) is 0 Å². The van der Waals surface area contributed by atoms with Gasteiger partial charge in [0, 0.05) is 0 Å². The van der Waals surface area contributed by atoms with Crippen LogP contribution >= 0.6 is 38.4 Å². The summed E-state index contributed by atoms with van der Waals surface area (Å²) in [4.78, 5) is 0. The van der Waals surface area contributed by atoms with Gasteiger partial charge < -0.3 is 0 Å². The van der Waals surface area contributed by atoms with Crippen molar-refractivity contribution in [3.63, 3.8) is 0 Å². The monoisotopic (exact) mass is 476 g/mol. The molecule has 0 aliphatic rings. The van der Waals surface area contributed by atoms with Crippen LogP contribution < -0.4 is 0 Å². The van der Waals surface area contributed by atoms with Gasteiger partial charge in [-0.3, -0.25) is 0 Å². The molecule has 0 saturated carbocycles. The van der Waals surface area contributed by atoms with Crippen molar-refractivity contribution in [2.45, 2.75) is 52.4 Å². The first-order chi connectivity index (χ1) is 7.12. The molecule has 0 fully saturated rings. The van der Waals surface area contributed by atoms with Crippen LogP contribution in [0.3, 0.4) is 0 Å². The van der Waals surface area contributed by atoms with Crippen molar-refractivity contribution in [3.8, 4) is 0 Å². The van der Waals surface area contributed by atoms with Gasteiger partial charge >= 0.3 is 120 Å². The summed E-state index contributed by atoms with van der Waals surface area (Å²) in [6.07, 6.45) is 7.39. The van der Waals surface area contributed by atoms with Gasteiger partial charge in [-0.25, -0.2) is 0 Å². The van der Waals surface area contributed by atoms with Crippen molar-refractivity contribution in [1.29, 1.82) is 0 Å². The first kappa shape index (κ1) is 17.1. The fourth-order valence-corrected chi connectivity index (χ4v) is 6.08. The quantitative estimate of drug-likeness (QED) is 0.249. The molecule has 0 aromatic heterocycles. The molecule has 0 atom stereocenters. The van der Waals surface area contributed by atoms with Crippen molar-refractivity contribution in [3.05, 3.63) is 0 Å². The molecule has 0 bridgehead atoms. The summed E-state index contributed by atoms with van der Waals surface area (Å²) in [6.45, 7) is 6.19. The molecule has 0 aliphatic heterocycles. The summed E-state index contributed by atoms with van der Waals surface area (Å²) >= 11 is 4.82. The second kappa shape index (κ2) is 11.2. The van der Waals surface area contributed by atoms with Crippen molar-refractivity contribution < 1.29 is 16.5 Å². The van der Waals surface area contributed by atoms with Crippen molar-refractivity contribution in [2.24, 2.45) is 0 Å². The summed E-state index contributed by atoms with van der Waals surface area (Å²) in [5.41, 5.74) is 0. The van der Waals surface area contributed by atoms with E-state index in [9.17, 15) is 0 Å². The van der Waals surface area contributed by atoms with Gasteiger partial charge in [0.1, 0.15) is 0 Å². The minimum absolute atomic E-state index is 0.882. The number of halogens is 2. The van der Waals surface area contributed by atoms with E-state index in [4.69, 9.17) is 6.64 Å². The van der Waals surface area contributed by atoms with E-state index in [0.29, 0.717) is 0 Å². The minimum atomic E-state index is -2.35. The predicted octanol–water partition coefficient (Wildman–Crippen LogP) is 5.08. The Labute approximate surface area is 119 Å². The molecule has 5 heteroatoms. The van der Waals surface area contributed by atoms with E-state index in [0.717, 1.165) is 13.2 Å². The molecule has 0 heterocycles. The number of unbranched alkanes of at least 4 members (excludes halogenated alkanes) is 4. The molecule has 0 N–H and O–H groups in total. The average Bonchev–Trinajstić information content (AvgIpc) is 2.20. The third kappa shape index (κ3) is 12.3. The standard InChI is InChI=1S/2C5H11O.2HI.Ti/c2*1-2-3-4-5-6;;;/h2*2-5H2,1H3;2*1H;/q2*-1;;;+4/p-2. The Morgan fingerprint density at radius 2 is 1.20 bits per heavy atom. The second-order valence-corrected chi connectivity index (χ2v) is 26.1. The van der Waals surface area contributed by atoms with Gasteiger partial charge in [0.05, 0.1) is 0 Å². The summed E-state index contributed by atoms with van der Waals surface area (Å²) in [5.74, 6) is 0. The molecule has 15 heavy (non-hydrogen) atoms. The first-order valence-electron chi connectivity index (χ1n) is 5.78. The molecular formula is C10H22I2O2Ti. The summed E-state index contributed by atoms with van der Waals surface area (Å²) < 4.78 is 11.7. The third-order valence-corrected chi connectivity index (χ3v) is 8.86. The fourth-order valence-electron chi connectivity index (χ4n) is 1.13. The Morgan fingerprint density at radius 1 is 0.800 bits per heavy atom. The maximum atomic E-state index is 5.85. The van der Waals surface area contributed by atoms with Gasteiger partial charge in [-0.2, -0.15) is 0 Å². The van der Waals surface area contributed by atoms with E-state index in [1.54, 1.807) is 0 Å². The van der Waals surface area contributed by atoms with Gasteiger partial charge in [-0.05, 0) is 0 Å². The van der Waals surface area contributed by atoms with E-state index in [1.165, 1.54) is 38.5 Å². The van der Waals surface area contributed by atoms with Gasteiger partial charge in [0.25, 0.3) is 0 Å². The Kier molecular flexibility index (Phi) is 12.8. The SMILES string of the molecule is CCCCC[O][Ti]([I])([I])[O]CCCCC. The number of hydrogen-bond donors (Lipinski definition) is 0. The molecule has 0 saturated heterocycles. The maximum absolute atomic E-state index is 5.85. The van der Waals surface area contributed by atoms with Gasteiger partial charge in [-0.1, -0.05) is 0 Å². The molecule has 0 aromatic carbocycles. The molecule has 0 aliphatic carbocycles. The predicted molar refractivity (Wildman–Crippen MR) is 79.0 cm³/mol. The van der Waals surface area contributed by atoms with Crippen LogP contribution in [0.1, 0.15) is 52.4 Å². The van der Waals surface area contributed by atoms with Crippen LogP contribution in [0.5, 0.6) is 0 Å². The summed E-state index contributed by atoms with van der Waals surface area (Å²) in [5, 5.41) is 0. The fraction of sp³-hybridized carbons (Fsp3) is 1.00. The Morgan fingerprint density at radius 3 is 1.53 bits per heavy atom. The molecule has 0 spiro atoms. The van der Waals surface area contributed by atoms with Crippen LogP contribution in [0.25, 0.3) is 0 Å². The van der Waals surface area contributed by atoms with E-state index in [2.05, 4.69) is 52.2 Å². The Bertz CT molecular complexity index is 131. The van der Waals surface area contributed by atoms with Crippen LogP contribution in [-0.2, 0) is 16.5 Å². The normalized spacial score (nSPS) is 12.0. The van der Waals surface area contributed by atoms with E-state index >= 15 is 0 Å². The van der Waals surface area contributed by atoms with Crippen LogP contribution in [0.4, 0.5) is 0 Å². The molecule has 0 rings (SSSR count). The molecule has 2 nitrogen and oxygen atoms in total. The van der Waals surface area contributed by atoms with Gasteiger partial charge in [0.2, 0.25) is 0 Å². The molecule has 92 valence electrons. The van der Waals surface area contributed by atoms with Crippen molar-refractivity contribution in [2.75, 3.05) is 13.2 Å². The summed E-state index contributed by atoms with van der Waals surface area (Å²) in [7, 11) is -2.35. The Balaban J connectivity index is 3.40. The van der Waals surface area contributed by atoms with Crippen LogP contribution in [0.2, 0.25) is 0 Å². The van der Waals surface area contributed by atoms with Crippen LogP contribution in [-0.4, -0.2) is 13.2 Å². The number of hydrogen-bond acceptors (Lipinski definition) is 2. The zero-order valence-corrected chi connectivity index (χ0v) is 15.6. The zero-order chi connectivity index (χ0) is 11.6. The zero-order valence-electron chi connectivity index (χ0n) is 9.73. The van der Waals surface area contributed by atoms with Crippen molar-refractivity contribution >= 4 is 38.4 Å². The van der Waals surface area contributed by atoms with Crippen molar-refractivity contribution in [1.82, 2.24) is 0 Å². The third-order valence-electron chi connectivity index (χ3n) is 2.04. The molecule has 0 radical (unpaired) electrons. The molecular weight excluding hydrogens is 454 g/mol. The van der Waals surface area contributed by atoms with Gasteiger partial charge in [-0.15, -0.1) is 0 Å². The Hall–Kier alpha value is 2.09. The molecule has 0 amide bonds. The van der Waals surface area contributed by atoms with Gasteiger partial charge in [0.15, 0.2) is 0 Å². The van der Waals surface area contributed by atoms with E-state index in [1.807, 2.05) is 0 Å². The van der Waals surface area contributed by atoms with Crippen LogP contribution in [0, 0.1) is 0 Å². The topological polar surface area (TPSA) is 18.5 Å². The molecule has 0 unspecified atom stereocenters.